The lowest BCUT2D eigenvalue weighted by Gasteiger charge is -2.43. The van der Waals surface area contributed by atoms with Gasteiger partial charge in [-0.1, -0.05) is 20.8 Å². The van der Waals surface area contributed by atoms with Crippen molar-refractivity contribution in [2.24, 2.45) is 11.8 Å². The molecule has 5 atom stereocenters. The van der Waals surface area contributed by atoms with Gasteiger partial charge in [0.1, 0.15) is 6.61 Å². The minimum absolute atomic E-state index is 0.0255. The monoisotopic (exact) mass is 345 g/mol. The van der Waals surface area contributed by atoms with Gasteiger partial charge in [-0.2, -0.15) is 0 Å². The minimum Gasteiger partial charge on any atom is -0.465 e. The summed E-state index contributed by atoms with van der Waals surface area (Å²) in [6.45, 7) is 9.04. The van der Waals surface area contributed by atoms with Crippen molar-refractivity contribution < 1.29 is 23.9 Å². The van der Waals surface area contributed by atoms with Crippen molar-refractivity contribution in [3.63, 3.8) is 0 Å². The van der Waals surface area contributed by atoms with Crippen molar-refractivity contribution in [3.8, 4) is 0 Å². The predicted octanol–water partition coefficient (Wildman–Crippen LogP) is 2.11. The van der Waals surface area contributed by atoms with Gasteiger partial charge in [0.05, 0.1) is 6.04 Å². The maximum atomic E-state index is 12.0. The van der Waals surface area contributed by atoms with E-state index in [0.717, 1.165) is 6.42 Å². The van der Waals surface area contributed by atoms with Gasteiger partial charge in [0.2, 0.25) is 5.91 Å². The Labute approximate surface area is 142 Å². The molecule has 0 bridgehead atoms. The molecule has 0 radical (unpaired) electrons. The van der Waals surface area contributed by atoms with Crippen LogP contribution in [0.25, 0.3) is 0 Å². The quantitative estimate of drug-likeness (QED) is 0.743. The fourth-order valence-electron chi connectivity index (χ4n) is 2.63. The van der Waals surface area contributed by atoms with E-state index in [2.05, 4.69) is 12.2 Å². The Hall–Kier alpha value is -1.24. The highest BCUT2D eigenvalue weighted by Gasteiger charge is 2.43. The van der Waals surface area contributed by atoms with Crippen LogP contribution in [0, 0.1) is 11.8 Å². The molecular formula is C16H27NO5S. The number of hydrogen-bond acceptors (Lipinski definition) is 6. The van der Waals surface area contributed by atoms with E-state index in [1.54, 1.807) is 0 Å². The number of nitrogens with one attached hydrogen (secondary N) is 1. The van der Waals surface area contributed by atoms with Crippen LogP contribution >= 0.6 is 11.8 Å². The van der Waals surface area contributed by atoms with Gasteiger partial charge >= 0.3 is 11.9 Å². The van der Waals surface area contributed by atoms with E-state index >= 15 is 0 Å². The molecule has 0 spiro atoms. The molecule has 132 valence electrons. The van der Waals surface area contributed by atoms with Crippen LogP contribution in [-0.4, -0.2) is 41.2 Å². The zero-order chi connectivity index (χ0) is 17.6. The van der Waals surface area contributed by atoms with Crippen LogP contribution in [0.2, 0.25) is 0 Å². The van der Waals surface area contributed by atoms with E-state index in [1.165, 1.54) is 25.6 Å². The van der Waals surface area contributed by atoms with Crippen molar-refractivity contribution in [3.05, 3.63) is 0 Å². The molecule has 0 aliphatic carbocycles. The van der Waals surface area contributed by atoms with Gasteiger partial charge in [0.25, 0.3) is 0 Å². The number of amides is 1. The van der Waals surface area contributed by atoms with Crippen LogP contribution in [0.15, 0.2) is 0 Å². The van der Waals surface area contributed by atoms with Crippen LogP contribution in [0.3, 0.4) is 0 Å². The highest BCUT2D eigenvalue weighted by Crippen LogP contribution is 2.40. The van der Waals surface area contributed by atoms with E-state index in [-0.39, 0.29) is 47.6 Å². The molecule has 1 N–H and O–H groups in total. The molecule has 5 unspecified atom stereocenters. The highest BCUT2D eigenvalue weighted by atomic mass is 32.2. The Balaban J connectivity index is 2.84. The van der Waals surface area contributed by atoms with Crippen LogP contribution < -0.4 is 5.32 Å². The van der Waals surface area contributed by atoms with E-state index in [1.807, 2.05) is 13.8 Å². The van der Waals surface area contributed by atoms with Crippen LogP contribution in [0.1, 0.15) is 47.5 Å². The Morgan fingerprint density at radius 2 is 1.74 bits per heavy atom. The average Bonchev–Trinajstić information content (AvgIpc) is 2.45. The summed E-state index contributed by atoms with van der Waals surface area (Å²) < 4.78 is 10.5. The van der Waals surface area contributed by atoms with Crippen LogP contribution in [0.5, 0.6) is 0 Å². The van der Waals surface area contributed by atoms with Crippen molar-refractivity contribution >= 4 is 29.6 Å². The first-order valence-corrected chi connectivity index (χ1v) is 8.95. The number of hydrogen-bond donors (Lipinski definition) is 1. The number of esters is 2. The molecule has 1 amide bonds. The first-order valence-electron chi connectivity index (χ1n) is 8.01. The zero-order valence-electron chi connectivity index (χ0n) is 14.5. The molecule has 1 aliphatic heterocycles. The smallest absolute Gasteiger partial charge is 0.303 e. The summed E-state index contributed by atoms with van der Waals surface area (Å²) in [6.07, 6.45) is 1.22. The molecule has 1 aliphatic rings. The number of carbonyl (C=O) groups is 3. The SMILES string of the molecule is CCCC(=O)NC1C(OC(C)=O)SC(COC(C)=O)C(C)C1C. The van der Waals surface area contributed by atoms with Crippen LogP contribution in [0.4, 0.5) is 0 Å². The lowest BCUT2D eigenvalue weighted by atomic mass is 9.85. The second kappa shape index (κ2) is 9.15. The molecule has 0 aromatic carbocycles. The summed E-state index contributed by atoms with van der Waals surface area (Å²) >= 11 is 1.45. The Morgan fingerprint density at radius 1 is 1.09 bits per heavy atom. The molecule has 0 saturated carbocycles. The van der Waals surface area contributed by atoms with Crippen molar-refractivity contribution in [1.29, 1.82) is 0 Å². The average molecular weight is 345 g/mol. The van der Waals surface area contributed by atoms with E-state index in [0.29, 0.717) is 6.42 Å². The molecule has 7 heteroatoms. The van der Waals surface area contributed by atoms with E-state index in [4.69, 9.17) is 9.47 Å². The molecule has 1 heterocycles. The van der Waals surface area contributed by atoms with E-state index in [9.17, 15) is 14.4 Å². The largest absolute Gasteiger partial charge is 0.465 e. The first kappa shape index (κ1) is 19.8. The van der Waals surface area contributed by atoms with Gasteiger partial charge in [0, 0.05) is 25.5 Å². The summed E-state index contributed by atoms with van der Waals surface area (Å²) in [7, 11) is 0. The molecule has 1 rings (SSSR count). The Bertz CT molecular complexity index is 442. The van der Waals surface area contributed by atoms with Crippen molar-refractivity contribution in [1.82, 2.24) is 5.32 Å². The lowest BCUT2D eigenvalue weighted by molar-refractivity contribution is -0.146. The minimum atomic E-state index is -0.472. The summed E-state index contributed by atoms with van der Waals surface area (Å²) in [5.74, 6) is -0.439. The number of thioether (sulfide) groups is 1. The van der Waals surface area contributed by atoms with Gasteiger partial charge in [-0.25, -0.2) is 0 Å². The third kappa shape index (κ3) is 6.05. The number of ether oxygens (including phenoxy) is 2. The van der Waals surface area contributed by atoms with E-state index < -0.39 is 5.44 Å². The highest BCUT2D eigenvalue weighted by molar-refractivity contribution is 8.00. The molecule has 6 nitrogen and oxygen atoms in total. The standard InChI is InChI=1S/C16H27NO5S/c1-6-7-14(20)17-15-10(3)9(2)13(8-21-11(4)18)23-16(15)22-12(5)19/h9-10,13,15-16H,6-8H2,1-5H3,(H,17,20). The number of rotatable bonds is 6. The second-order valence-electron chi connectivity index (χ2n) is 6.02. The van der Waals surface area contributed by atoms with Crippen molar-refractivity contribution in [2.75, 3.05) is 6.61 Å². The first-order chi connectivity index (χ1) is 10.8. The molecule has 1 fully saturated rings. The zero-order valence-corrected chi connectivity index (χ0v) is 15.3. The summed E-state index contributed by atoms with van der Waals surface area (Å²) in [5.41, 5.74) is -0.472. The molecule has 0 aromatic heterocycles. The summed E-state index contributed by atoms with van der Waals surface area (Å²) in [4.78, 5) is 34.4. The molecule has 1 saturated heterocycles. The summed E-state index contributed by atoms with van der Waals surface area (Å²) in [6, 6.07) is -0.244. The third-order valence-corrected chi connectivity index (χ3v) is 5.69. The van der Waals surface area contributed by atoms with Crippen molar-refractivity contribution in [2.45, 2.75) is 64.2 Å². The number of carbonyl (C=O) groups excluding carboxylic acids is 3. The van der Waals surface area contributed by atoms with Gasteiger partial charge in [-0.05, 0) is 18.3 Å². The fourth-order valence-corrected chi connectivity index (χ4v) is 4.30. The second-order valence-corrected chi connectivity index (χ2v) is 7.36. The van der Waals surface area contributed by atoms with Gasteiger partial charge in [0.15, 0.2) is 5.44 Å². The Kier molecular flexibility index (Phi) is 7.88. The third-order valence-electron chi connectivity index (χ3n) is 4.12. The topological polar surface area (TPSA) is 81.7 Å². The molecule has 0 aromatic rings. The lowest BCUT2D eigenvalue weighted by Crippen LogP contribution is -2.55. The van der Waals surface area contributed by atoms with Crippen LogP contribution in [-0.2, 0) is 23.9 Å². The maximum Gasteiger partial charge on any atom is 0.303 e. The van der Waals surface area contributed by atoms with Gasteiger partial charge in [-0.15, -0.1) is 11.8 Å². The van der Waals surface area contributed by atoms with Gasteiger partial charge in [-0.3, -0.25) is 14.4 Å². The molecular weight excluding hydrogens is 318 g/mol. The predicted molar refractivity (Wildman–Crippen MR) is 88.7 cm³/mol. The Morgan fingerprint density at radius 3 is 2.26 bits per heavy atom. The normalized spacial score (nSPS) is 30.4. The molecule has 23 heavy (non-hydrogen) atoms. The summed E-state index contributed by atoms with van der Waals surface area (Å²) in [5, 5.41) is 3.02. The fraction of sp³-hybridized carbons (Fsp3) is 0.812. The van der Waals surface area contributed by atoms with Gasteiger partial charge < -0.3 is 14.8 Å². The maximum absolute atomic E-state index is 12.0.